The second kappa shape index (κ2) is 14.7. The molecule has 0 saturated carbocycles. The van der Waals surface area contributed by atoms with Gasteiger partial charge in [-0.1, -0.05) is 107 Å². The fourth-order valence-corrected chi connectivity index (χ4v) is 5.25. The molecule has 0 aromatic heterocycles. The third kappa shape index (κ3) is 7.73. The molecule has 1 fully saturated rings. The molecular weight excluding hydrogens is 497 g/mol. The predicted octanol–water partition coefficient (Wildman–Crippen LogP) is 10.2. The van der Waals surface area contributed by atoms with Crippen molar-refractivity contribution in [1.82, 2.24) is 0 Å². The van der Waals surface area contributed by atoms with E-state index in [0.717, 1.165) is 25.7 Å². The lowest BCUT2D eigenvalue weighted by Crippen LogP contribution is -2.27. The lowest BCUT2D eigenvalue weighted by atomic mass is 9.97. The van der Waals surface area contributed by atoms with E-state index in [1.807, 2.05) is 6.07 Å². The van der Waals surface area contributed by atoms with Crippen molar-refractivity contribution in [1.29, 1.82) is 0 Å². The van der Waals surface area contributed by atoms with Gasteiger partial charge in [0.2, 0.25) is 0 Å². The number of hydrogen-bond donors (Lipinski definition) is 0. The van der Waals surface area contributed by atoms with Gasteiger partial charge < -0.3 is 9.47 Å². The summed E-state index contributed by atoms with van der Waals surface area (Å²) < 4.78 is 56.4. The van der Waals surface area contributed by atoms with Crippen molar-refractivity contribution in [2.24, 2.45) is 5.92 Å². The first-order valence-corrected chi connectivity index (χ1v) is 14.6. The molecule has 39 heavy (non-hydrogen) atoms. The zero-order chi connectivity index (χ0) is 27.6. The van der Waals surface area contributed by atoms with Crippen LogP contribution in [0.1, 0.15) is 89.1 Å². The van der Waals surface area contributed by atoms with E-state index >= 15 is 4.39 Å². The van der Waals surface area contributed by atoms with E-state index in [1.54, 1.807) is 42.5 Å². The molecule has 4 rings (SSSR count). The van der Waals surface area contributed by atoms with Gasteiger partial charge in [-0.3, -0.25) is 0 Å². The average molecular weight is 539 g/mol. The SMILES string of the molecule is CCCCCCCC1COC(c2ccc(-c3ccc(-c4ccc(CCCCC)c(F)c4F)cc3)c(F)c2)OC1. The van der Waals surface area contributed by atoms with Gasteiger partial charge in [0.25, 0.3) is 0 Å². The van der Waals surface area contributed by atoms with Crippen LogP contribution in [0.2, 0.25) is 0 Å². The molecule has 0 amide bonds. The number of aryl methyl sites for hydroxylation is 1. The van der Waals surface area contributed by atoms with Crippen LogP contribution >= 0.6 is 0 Å². The summed E-state index contributed by atoms with van der Waals surface area (Å²) in [6, 6.07) is 15.2. The van der Waals surface area contributed by atoms with Crippen molar-refractivity contribution < 1.29 is 22.6 Å². The number of hydrogen-bond acceptors (Lipinski definition) is 2. The van der Waals surface area contributed by atoms with E-state index in [1.165, 1.54) is 38.2 Å². The molecule has 210 valence electrons. The molecule has 0 radical (unpaired) electrons. The second-order valence-corrected chi connectivity index (χ2v) is 10.7. The van der Waals surface area contributed by atoms with Crippen LogP contribution in [0.5, 0.6) is 0 Å². The van der Waals surface area contributed by atoms with Crippen LogP contribution in [0, 0.1) is 23.4 Å². The third-order valence-corrected chi connectivity index (χ3v) is 7.67. The van der Waals surface area contributed by atoms with Crippen LogP contribution in [0.25, 0.3) is 22.3 Å². The van der Waals surface area contributed by atoms with Crippen LogP contribution in [-0.4, -0.2) is 13.2 Å². The summed E-state index contributed by atoms with van der Waals surface area (Å²) in [5.74, 6) is -1.60. The average Bonchev–Trinajstić information content (AvgIpc) is 2.96. The van der Waals surface area contributed by atoms with E-state index < -0.39 is 17.9 Å². The summed E-state index contributed by atoms with van der Waals surface area (Å²) in [6.45, 7) is 5.55. The molecule has 1 aliphatic rings. The Morgan fingerprint density at radius 3 is 1.95 bits per heavy atom. The molecule has 5 heteroatoms. The third-order valence-electron chi connectivity index (χ3n) is 7.67. The predicted molar refractivity (Wildman–Crippen MR) is 152 cm³/mol. The summed E-state index contributed by atoms with van der Waals surface area (Å²) in [7, 11) is 0. The number of benzene rings is 3. The normalized spacial score (nSPS) is 17.5. The van der Waals surface area contributed by atoms with Gasteiger partial charge in [0.05, 0.1) is 13.2 Å². The largest absolute Gasteiger partial charge is 0.348 e. The van der Waals surface area contributed by atoms with Gasteiger partial charge in [0.15, 0.2) is 17.9 Å². The topological polar surface area (TPSA) is 18.5 Å². The zero-order valence-electron chi connectivity index (χ0n) is 23.3. The molecular formula is C34H41F3O2. The Bertz CT molecular complexity index is 1180. The van der Waals surface area contributed by atoms with Crippen LogP contribution in [0.15, 0.2) is 54.6 Å². The molecule has 1 heterocycles. The van der Waals surface area contributed by atoms with Gasteiger partial charge in [-0.05, 0) is 42.0 Å². The summed E-state index contributed by atoms with van der Waals surface area (Å²) in [5.41, 5.74) is 2.92. The van der Waals surface area contributed by atoms with Gasteiger partial charge in [0, 0.05) is 22.6 Å². The van der Waals surface area contributed by atoms with Crippen molar-refractivity contribution in [3.05, 3.63) is 83.2 Å². The molecule has 1 aliphatic heterocycles. The van der Waals surface area contributed by atoms with E-state index in [-0.39, 0.29) is 11.4 Å². The highest BCUT2D eigenvalue weighted by Gasteiger charge is 2.24. The minimum atomic E-state index is -0.835. The monoisotopic (exact) mass is 538 g/mol. The summed E-state index contributed by atoms with van der Waals surface area (Å²) in [6.07, 6.45) is 10.2. The molecule has 2 nitrogen and oxygen atoms in total. The highest BCUT2D eigenvalue weighted by molar-refractivity contribution is 5.71. The lowest BCUT2D eigenvalue weighted by molar-refractivity contribution is -0.206. The minimum Gasteiger partial charge on any atom is -0.348 e. The summed E-state index contributed by atoms with van der Waals surface area (Å²) >= 11 is 0. The molecule has 1 saturated heterocycles. The van der Waals surface area contributed by atoms with Crippen molar-refractivity contribution in [2.45, 2.75) is 84.3 Å². The number of halogens is 3. The van der Waals surface area contributed by atoms with E-state index in [2.05, 4.69) is 13.8 Å². The molecule has 3 aromatic rings. The number of rotatable bonds is 13. The summed E-state index contributed by atoms with van der Waals surface area (Å²) in [4.78, 5) is 0. The molecule has 0 N–H and O–H groups in total. The molecule has 0 unspecified atom stereocenters. The van der Waals surface area contributed by atoms with Crippen LogP contribution in [-0.2, 0) is 15.9 Å². The highest BCUT2D eigenvalue weighted by Crippen LogP contribution is 2.33. The summed E-state index contributed by atoms with van der Waals surface area (Å²) in [5, 5.41) is 0. The van der Waals surface area contributed by atoms with E-state index in [0.29, 0.717) is 53.4 Å². The Balaban J connectivity index is 1.37. The second-order valence-electron chi connectivity index (χ2n) is 10.7. The number of unbranched alkanes of at least 4 members (excludes halogenated alkanes) is 6. The maximum absolute atomic E-state index is 15.1. The minimum absolute atomic E-state index is 0.208. The Labute approximate surface area is 231 Å². The van der Waals surface area contributed by atoms with Crippen molar-refractivity contribution in [3.63, 3.8) is 0 Å². The van der Waals surface area contributed by atoms with E-state index in [9.17, 15) is 8.78 Å². The molecule has 0 aliphatic carbocycles. The maximum Gasteiger partial charge on any atom is 0.183 e. The Hall–Kier alpha value is -2.63. The van der Waals surface area contributed by atoms with Gasteiger partial charge in [0.1, 0.15) is 5.82 Å². The van der Waals surface area contributed by atoms with Gasteiger partial charge in [-0.2, -0.15) is 0 Å². The Morgan fingerprint density at radius 2 is 1.28 bits per heavy atom. The number of ether oxygens (including phenoxy) is 2. The smallest absolute Gasteiger partial charge is 0.183 e. The quantitative estimate of drug-likeness (QED) is 0.202. The first-order valence-electron chi connectivity index (χ1n) is 14.6. The van der Waals surface area contributed by atoms with Crippen LogP contribution in [0.3, 0.4) is 0 Å². The van der Waals surface area contributed by atoms with Gasteiger partial charge >= 0.3 is 0 Å². The fraction of sp³-hybridized carbons (Fsp3) is 0.471. The molecule has 0 atom stereocenters. The first-order chi connectivity index (χ1) is 19.0. The molecule has 3 aromatic carbocycles. The Kier molecular flexibility index (Phi) is 11.0. The highest BCUT2D eigenvalue weighted by atomic mass is 19.2. The van der Waals surface area contributed by atoms with Crippen molar-refractivity contribution >= 4 is 0 Å². The molecule has 0 spiro atoms. The fourth-order valence-electron chi connectivity index (χ4n) is 5.25. The lowest BCUT2D eigenvalue weighted by Gasteiger charge is -2.29. The Morgan fingerprint density at radius 1 is 0.667 bits per heavy atom. The van der Waals surface area contributed by atoms with Gasteiger partial charge in [-0.15, -0.1) is 0 Å². The van der Waals surface area contributed by atoms with Crippen LogP contribution < -0.4 is 0 Å². The van der Waals surface area contributed by atoms with E-state index in [4.69, 9.17) is 9.47 Å². The van der Waals surface area contributed by atoms with Crippen LogP contribution in [0.4, 0.5) is 13.2 Å². The van der Waals surface area contributed by atoms with Crippen molar-refractivity contribution in [3.8, 4) is 22.3 Å². The standard InChI is InChI=1S/C34H41F3O2/c1-3-5-7-8-10-11-24-22-38-34(39-23-24)28-18-19-29(31(35)21-28)25-13-15-26(16-14-25)30-20-17-27(12-9-6-4-2)32(36)33(30)37/h13-21,24,34H,3-12,22-23H2,1-2H3. The molecule has 0 bridgehead atoms. The van der Waals surface area contributed by atoms with Crippen molar-refractivity contribution in [2.75, 3.05) is 13.2 Å². The zero-order valence-corrected chi connectivity index (χ0v) is 23.3. The first kappa shape index (κ1) is 29.4. The van der Waals surface area contributed by atoms with Gasteiger partial charge in [-0.25, -0.2) is 13.2 Å². The maximum atomic E-state index is 15.1.